The van der Waals surface area contributed by atoms with E-state index in [-0.39, 0.29) is 24.5 Å². The van der Waals surface area contributed by atoms with Crippen LogP contribution in [0.5, 0.6) is 11.5 Å². The van der Waals surface area contributed by atoms with Crippen LogP contribution < -0.4 is 14.4 Å². The summed E-state index contributed by atoms with van der Waals surface area (Å²) >= 11 is 0. The summed E-state index contributed by atoms with van der Waals surface area (Å²) in [5.41, 5.74) is 2.31. The third-order valence-corrected chi connectivity index (χ3v) is 7.18. The molecule has 1 N–H and O–H groups in total. The first kappa shape index (κ1) is 24.2. The summed E-state index contributed by atoms with van der Waals surface area (Å²) in [5.74, 6) is 2.90. The Morgan fingerprint density at radius 2 is 1.89 bits per heavy atom. The highest BCUT2D eigenvalue weighted by atomic mass is 16.5. The molecule has 1 saturated carbocycles. The second-order valence-electron chi connectivity index (χ2n) is 9.75. The molecule has 1 aliphatic carbocycles. The maximum Gasteiger partial charge on any atom is 0.230 e. The number of aryl methyl sites for hydroxylation is 1. The fourth-order valence-electron chi connectivity index (χ4n) is 5.32. The summed E-state index contributed by atoms with van der Waals surface area (Å²) in [7, 11) is 1.69. The number of aromatic nitrogens is 3. The second-order valence-corrected chi connectivity index (χ2v) is 9.75. The topological polar surface area (TPSA) is 83.6 Å². The Hall–Kier alpha value is -3.55. The van der Waals surface area contributed by atoms with Crippen LogP contribution in [0, 0.1) is 6.92 Å². The number of carbonyl (C=O) groups excluding carboxylic acids is 1. The average molecular weight is 490 g/mol. The van der Waals surface area contributed by atoms with Crippen molar-refractivity contribution in [1.82, 2.24) is 20.1 Å². The molecule has 5 rings (SSSR count). The molecule has 0 bridgehead atoms. The van der Waals surface area contributed by atoms with Gasteiger partial charge < -0.3 is 19.3 Å². The maximum absolute atomic E-state index is 13.3. The summed E-state index contributed by atoms with van der Waals surface area (Å²) in [4.78, 5) is 22.0. The Balaban J connectivity index is 1.35. The number of hydrogen-bond acceptors (Lipinski definition) is 6. The van der Waals surface area contributed by atoms with Gasteiger partial charge in [0.25, 0.3) is 0 Å². The molecule has 1 amide bonds. The van der Waals surface area contributed by atoms with Crippen molar-refractivity contribution in [3.05, 3.63) is 65.7 Å². The number of anilines is 1. The zero-order valence-electron chi connectivity index (χ0n) is 21.2. The summed E-state index contributed by atoms with van der Waals surface area (Å²) < 4.78 is 11.9. The molecule has 2 heterocycles. The summed E-state index contributed by atoms with van der Waals surface area (Å²) in [6.07, 6.45) is 5.88. The van der Waals surface area contributed by atoms with Crippen LogP contribution in [0.15, 0.2) is 48.5 Å². The third-order valence-electron chi connectivity index (χ3n) is 7.18. The zero-order valence-corrected chi connectivity index (χ0v) is 21.2. The molecule has 1 saturated heterocycles. The largest absolute Gasteiger partial charge is 0.493 e. The number of H-pyrrole nitrogens is 1. The van der Waals surface area contributed by atoms with Crippen LogP contribution in [0.3, 0.4) is 0 Å². The van der Waals surface area contributed by atoms with E-state index in [9.17, 15) is 4.79 Å². The van der Waals surface area contributed by atoms with Gasteiger partial charge in [-0.3, -0.25) is 9.89 Å². The van der Waals surface area contributed by atoms with Gasteiger partial charge in [0.1, 0.15) is 5.82 Å². The highest BCUT2D eigenvalue weighted by Gasteiger charge is 2.32. The SMILES string of the molecule is COc1ccc(N2CCN(C(=O)Cc3n[nH]c(C)n3)[C@@H](Cc3ccccc3)C2)cc1OC1CCCC1. The van der Waals surface area contributed by atoms with Crippen molar-refractivity contribution < 1.29 is 14.3 Å². The number of carbonyl (C=O) groups is 1. The molecule has 1 aromatic heterocycles. The highest BCUT2D eigenvalue weighted by molar-refractivity contribution is 5.78. The van der Waals surface area contributed by atoms with Gasteiger partial charge in [-0.25, -0.2) is 4.98 Å². The van der Waals surface area contributed by atoms with Crippen LogP contribution in [-0.4, -0.2) is 64.9 Å². The van der Waals surface area contributed by atoms with Crippen LogP contribution in [-0.2, 0) is 17.6 Å². The van der Waals surface area contributed by atoms with Crippen molar-refractivity contribution in [1.29, 1.82) is 0 Å². The van der Waals surface area contributed by atoms with Gasteiger partial charge in [0, 0.05) is 31.4 Å². The van der Waals surface area contributed by atoms with Gasteiger partial charge in [0.05, 0.1) is 25.7 Å². The lowest BCUT2D eigenvalue weighted by Gasteiger charge is -2.42. The van der Waals surface area contributed by atoms with E-state index in [2.05, 4.69) is 56.5 Å². The summed E-state index contributed by atoms with van der Waals surface area (Å²) in [6, 6.07) is 16.6. The molecule has 0 spiro atoms. The number of amides is 1. The van der Waals surface area contributed by atoms with Gasteiger partial charge in [-0.1, -0.05) is 30.3 Å². The smallest absolute Gasteiger partial charge is 0.230 e. The number of nitrogens with one attached hydrogen (secondary N) is 1. The van der Waals surface area contributed by atoms with E-state index in [0.717, 1.165) is 55.4 Å². The van der Waals surface area contributed by atoms with Gasteiger partial charge in [-0.2, -0.15) is 5.10 Å². The van der Waals surface area contributed by atoms with Crippen molar-refractivity contribution in [2.24, 2.45) is 0 Å². The van der Waals surface area contributed by atoms with E-state index in [1.807, 2.05) is 24.0 Å². The first-order valence-corrected chi connectivity index (χ1v) is 12.9. The average Bonchev–Trinajstić information content (AvgIpc) is 3.56. The van der Waals surface area contributed by atoms with Crippen molar-refractivity contribution >= 4 is 11.6 Å². The number of nitrogens with zero attached hydrogens (tertiary/aromatic N) is 4. The summed E-state index contributed by atoms with van der Waals surface area (Å²) in [6.45, 7) is 3.98. The maximum atomic E-state index is 13.3. The molecule has 8 heteroatoms. The molecule has 8 nitrogen and oxygen atoms in total. The molecule has 2 aromatic carbocycles. The van der Waals surface area contributed by atoms with E-state index in [1.54, 1.807) is 7.11 Å². The van der Waals surface area contributed by atoms with E-state index in [0.29, 0.717) is 12.4 Å². The number of piperazine rings is 1. The molecule has 2 fully saturated rings. The lowest BCUT2D eigenvalue weighted by atomic mass is 10.0. The predicted octanol–water partition coefficient (Wildman–Crippen LogP) is 3.95. The predicted molar refractivity (Wildman–Crippen MR) is 139 cm³/mol. The van der Waals surface area contributed by atoms with Crippen LogP contribution in [0.25, 0.3) is 0 Å². The number of methoxy groups -OCH3 is 1. The zero-order chi connectivity index (χ0) is 24.9. The van der Waals surface area contributed by atoms with Gasteiger partial charge in [0.2, 0.25) is 5.91 Å². The quantitative estimate of drug-likeness (QED) is 0.516. The van der Waals surface area contributed by atoms with Crippen molar-refractivity contribution in [3.63, 3.8) is 0 Å². The molecular weight excluding hydrogens is 454 g/mol. The lowest BCUT2D eigenvalue weighted by Crippen LogP contribution is -2.56. The molecule has 2 aliphatic rings. The van der Waals surface area contributed by atoms with Crippen molar-refractivity contribution in [2.75, 3.05) is 31.6 Å². The number of aromatic amines is 1. The van der Waals surface area contributed by atoms with Crippen LogP contribution >= 0.6 is 0 Å². The van der Waals surface area contributed by atoms with Gasteiger partial charge >= 0.3 is 0 Å². The lowest BCUT2D eigenvalue weighted by molar-refractivity contribution is -0.133. The minimum atomic E-state index is 0.0370. The standard InChI is InChI=1S/C28H35N5O3/c1-20-29-27(31-30-20)18-28(34)33-15-14-32(19-23(33)16-21-8-4-3-5-9-21)22-12-13-25(35-2)26(17-22)36-24-10-6-7-11-24/h3-5,8-9,12-13,17,23-24H,6-7,10-11,14-16,18-19H2,1-2H3,(H,29,30,31)/t23-/m0/s1. The van der Waals surface area contributed by atoms with Gasteiger partial charge in [0.15, 0.2) is 17.3 Å². The monoisotopic (exact) mass is 489 g/mol. The number of benzene rings is 2. The number of rotatable bonds is 8. The summed E-state index contributed by atoms with van der Waals surface area (Å²) in [5, 5.41) is 7.00. The first-order chi connectivity index (χ1) is 17.6. The Morgan fingerprint density at radius 1 is 1.08 bits per heavy atom. The van der Waals surface area contributed by atoms with E-state index in [1.165, 1.54) is 18.4 Å². The minimum Gasteiger partial charge on any atom is -0.493 e. The molecular formula is C28H35N5O3. The van der Waals surface area contributed by atoms with Gasteiger partial charge in [-0.05, 0) is 56.7 Å². The first-order valence-electron chi connectivity index (χ1n) is 12.9. The number of hydrogen-bond donors (Lipinski definition) is 1. The highest BCUT2D eigenvalue weighted by Crippen LogP contribution is 2.36. The third kappa shape index (κ3) is 5.64. The molecule has 1 aliphatic heterocycles. The Labute approximate surface area is 212 Å². The van der Waals surface area contributed by atoms with E-state index >= 15 is 0 Å². The fourth-order valence-corrected chi connectivity index (χ4v) is 5.32. The second kappa shape index (κ2) is 11.0. The van der Waals surface area contributed by atoms with Crippen LogP contribution in [0.4, 0.5) is 5.69 Å². The number of ether oxygens (including phenoxy) is 2. The molecule has 1 atom stereocenters. The van der Waals surface area contributed by atoms with Crippen molar-refractivity contribution in [3.8, 4) is 11.5 Å². The normalized spacial score (nSPS) is 18.4. The molecule has 0 radical (unpaired) electrons. The molecule has 0 unspecified atom stereocenters. The molecule has 190 valence electrons. The van der Waals surface area contributed by atoms with Gasteiger partial charge in [-0.15, -0.1) is 0 Å². The Bertz CT molecular complexity index is 1160. The molecule has 36 heavy (non-hydrogen) atoms. The van der Waals surface area contributed by atoms with E-state index in [4.69, 9.17) is 9.47 Å². The minimum absolute atomic E-state index is 0.0370. The van der Waals surface area contributed by atoms with Crippen LogP contribution in [0.2, 0.25) is 0 Å². The van der Waals surface area contributed by atoms with Crippen molar-refractivity contribution in [2.45, 2.75) is 57.6 Å². The molecule has 3 aromatic rings. The van der Waals surface area contributed by atoms with E-state index < -0.39 is 0 Å². The van der Waals surface area contributed by atoms with Crippen LogP contribution in [0.1, 0.15) is 42.9 Å². The Morgan fingerprint density at radius 3 is 2.61 bits per heavy atom. The fraction of sp³-hybridized carbons (Fsp3) is 0.464. The Kier molecular flexibility index (Phi) is 7.39.